The van der Waals surface area contributed by atoms with Crippen LogP contribution in [0, 0.1) is 0 Å². The maximum atomic E-state index is 12.4. The molecule has 2 amide bonds. The molecule has 2 fully saturated rings. The van der Waals surface area contributed by atoms with Gasteiger partial charge in [-0.25, -0.2) is 0 Å². The molecule has 1 heterocycles. The fourth-order valence-electron chi connectivity index (χ4n) is 3.31. The summed E-state index contributed by atoms with van der Waals surface area (Å²) in [6.45, 7) is 4.06. The van der Waals surface area contributed by atoms with E-state index in [0.717, 1.165) is 32.1 Å². The van der Waals surface area contributed by atoms with Crippen LogP contribution in [-0.4, -0.2) is 61.8 Å². The van der Waals surface area contributed by atoms with Gasteiger partial charge in [-0.2, -0.15) is 0 Å². The number of nitrogens with one attached hydrogen (secondary N) is 1. The lowest BCUT2D eigenvalue weighted by Crippen LogP contribution is -2.69. The normalized spacial score (nSPS) is 24.7. The molecule has 1 spiro atoms. The molecule has 1 unspecified atom stereocenters. The smallest absolute Gasteiger partial charge is 0.246 e. The zero-order valence-corrected chi connectivity index (χ0v) is 13.0. The number of methoxy groups -OCH3 is 1. The van der Waals surface area contributed by atoms with Gasteiger partial charge in [-0.05, 0) is 26.2 Å². The highest BCUT2D eigenvalue weighted by Gasteiger charge is 2.52. The summed E-state index contributed by atoms with van der Waals surface area (Å²) in [7, 11) is 1.64. The fourth-order valence-corrected chi connectivity index (χ4v) is 3.31. The minimum absolute atomic E-state index is 0.0207. The summed E-state index contributed by atoms with van der Waals surface area (Å²) < 4.78 is 10.4. The van der Waals surface area contributed by atoms with E-state index >= 15 is 0 Å². The second-order valence-electron chi connectivity index (χ2n) is 5.88. The quantitative estimate of drug-likeness (QED) is 0.703. The zero-order chi connectivity index (χ0) is 15.3. The van der Waals surface area contributed by atoms with Crippen molar-refractivity contribution >= 4 is 11.8 Å². The standard InChI is InChI=1S/C15H26N2O4/c1-12-13(18)17(8-5-9-21-11-10-20-2)15(14(19)16-12)6-3-4-7-15/h12H,3-11H2,1-2H3,(H,16,19). The summed E-state index contributed by atoms with van der Waals surface area (Å²) in [6, 6.07) is -0.418. The first-order valence-electron chi connectivity index (χ1n) is 7.81. The second-order valence-corrected chi connectivity index (χ2v) is 5.88. The molecule has 1 N–H and O–H groups in total. The van der Waals surface area contributed by atoms with Gasteiger partial charge in [-0.15, -0.1) is 0 Å². The van der Waals surface area contributed by atoms with Gasteiger partial charge in [-0.1, -0.05) is 12.8 Å². The first kappa shape index (κ1) is 16.2. The molecule has 1 aliphatic heterocycles. The van der Waals surface area contributed by atoms with Crippen LogP contribution in [0.15, 0.2) is 0 Å². The third-order valence-electron chi connectivity index (χ3n) is 4.46. The summed E-state index contributed by atoms with van der Waals surface area (Å²) in [5.74, 6) is 0.0563. The van der Waals surface area contributed by atoms with Crippen molar-refractivity contribution in [1.82, 2.24) is 10.2 Å². The minimum atomic E-state index is -0.601. The molecule has 2 aliphatic rings. The largest absolute Gasteiger partial charge is 0.382 e. The summed E-state index contributed by atoms with van der Waals surface area (Å²) >= 11 is 0. The van der Waals surface area contributed by atoms with Crippen molar-refractivity contribution in [3.63, 3.8) is 0 Å². The summed E-state index contributed by atoms with van der Waals surface area (Å²) in [6.07, 6.45) is 4.33. The van der Waals surface area contributed by atoms with Crippen LogP contribution in [0.3, 0.4) is 0 Å². The number of hydrogen-bond donors (Lipinski definition) is 1. The van der Waals surface area contributed by atoms with E-state index in [4.69, 9.17) is 9.47 Å². The lowest BCUT2D eigenvalue weighted by Gasteiger charge is -2.45. The Hall–Kier alpha value is -1.14. The van der Waals surface area contributed by atoms with Crippen molar-refractivity contribution in [1.29, 1.82) is 0 Å². The molecule has 6 heteroatoms. The van der Waals surface area contributed by atoms with E-state index < -0.39 is 11.6 Å². The number of piperazine rings is 1. The van der Waals surface area contributed by atoms with Crippen LogP contribution in [0.5, 0.6) is 0 Å². The van der Waals surface area contributed by atoms with Crippen molar-refractivity contribution in [3.8, 4) is 0 Å². The molecule has 0 radical (unpaired) electrons. The van der Waals surface area contributed by atoms with E-state index in [1.165, 1.54) is 0 Å². The molecular formula is C15H26N2O4. The van der Waals surface area contributed by atoms with Gasteiger partial charge in [0.15, 0.2) is 0 Å². The predicted octanol–water partition coefficient (Wildman–Crippen LogP) is 0.699. The minimum Gasteiger partial charge on any atom is -0.382 e. The lowest BCUT2D eigenvalue weighted by molar-refractivity contribution is -0.157. The van der Waals surface area contributed by atoms with E-state index in [9.17, 15) is 9.59 Å². The average Bonchev–Trinajstić information content (AvgIpc) is 2.95. The first-order chi connectivity index (χ1) is 10.1. The molecule has 2 rings (SSSR count). The molecule has 21 heavy (non-hydrogen) atoms. The van der Waals surface area contributed by atoms with Gasteiger partial charge in [0, 0.05) is 20.3 Å². The highest BCUT2D eigenvalue weighted by Crippen LogP contribution is 2.38. The zero-order valence-electron chi connectivity index (χ0n) is 13.0. The third kappa shape index (κ3) is 3.37. The Morgan fingerprint density at radius 3 is 2.62 bits per heavy atom. The fraction of sp³-hybridized carbons (Fsp3) is 0.867. The molecule has 6 nitrogen and oxygen atoms in total. The van der Waals surface area contributed by atoms with E-state index in [-0.39, 0.29) is 11.8 Å². The molecular weight excluding hydrogens is 272 g/mol. The van der Waals surface area contributed by atoms with Gasteiger partial charge in [0.25, 0.3) is 0 Å². The molecule has 0 aromatic carbocycles. The second kappa shape index (κ2) is 7.22. The summed E-state index contributed by atoms with van der Waals surface area (Å²) in [4.78, 5) is 26.7. The van der Waals surface area contributed by atoms with Crippen molar-refractivity contribution < 1.29 is 19.1 Å². The predicted molar refractivity (Wildman–Crippen MR) is 77.8 cm³/mol. The monoisotopic (exact) mass is 298 g/mol. The Morgan fingerprint density at radius 1 is 1.24 bits per heavy atom. The van der Waals surface area contributed by atoms with Crippen LogP contribution in [0.1, 0.15) is 39.0 Å². The highest BCUT2D eigenvalue weighted by atomic mass is 16.5. The molecule has 1 saturated carbocycles. The molecule has 120 valence electrons. The van der Waals surface area contributed by atoms with Crippen LogP contribution in [0.25, 0.3) is 0 Å². The molecule has 1 atom stereocenters. The Labute approximate surface area is 126 Å². The van der Waals surface area contributed by atoms with Gasteiger partial charge in [-0.3, -0.25) is 9.59 Å². The Bertz CT molecular complexity index is 380. The molecule has 0 bridgehead atoms. The average molecular weight is 298 g/mol. The molecule has 0 aromatic heterocycles. The van der Waals surface area contributed by atoms with Crippen LogP contribution < -0.4 is 5.32 Å². The number of carbonyl (C=O) groups excluding carboxylic acids is 2. The van der Waals surface area contributed by atoms with Gasteiger partial charge >= 0.3 is 0 Å². The van der Waals surface area contributed by atoms with Crippen molar-refractivity contribution in [2.45, 2.75) is 50.6 Å². The third-order valence-corrected chi connectivity index (χ3v) is 4.46. The Kier molecular flexibility index (Phi) is 5.58. The van der Waals surface area contributed by atoms with Crippen molar-refractivity contribution in [3.05, 3.63) is 0 Å². The number of nitrogens with zero attached hydrogens (tertiary/aromatic N) is 1. The van der Waals surface area contributed by atoms with E-state index in [2.05, 4.69) is 5.32 Å². The Balaban J connectivity index is 1.92. The lowest BCUT2D eigenvalue weighted by atomic mass is 9.89. The number of rotatable bonds is 7. The molecule has 0 aromatic rings. The maximum absolute atomic E-state index is 12.4. The van der Waals surface area contributed by atoms with Crippen LogP contribution >= 0.6 is 0 Å². The van der Waals surface area contributed by atoms with E-state index in [1.54, 1.807) is 14.0 Å². The maximum Gasteiger partial charge on any atom is 0.246 e. The topological polar surface area (TPSA) is 67.9 Å². The summed E-state index contributed by atoms with van der Waals surface area (Å²) in [5.41, 5.74) is -0.601. The molecule has 1 saturated heterocycles. The van der Waals surface area contributed by atoms with Gasteiger partial charge in [0.2, 0.25) is 11.8 Å². The van der Waals surface area contributed by atoms with Crippen molar-refractivity contribution in [2.24, 2.45) is 0 Å². The SMILES string of the molecule is COCCOCCCN1C(=O)C(C)NC(=O)C12CCCC2. The number of hydrogen-bond acceptors (Lipinski definition) is 4. The van der Waals surface area contributed by atoms with Gasteiger partial charge in [0.1, 0.15) is 11.6 Å². The summed E-state index contributed by atoms with van der Waals surface area (Å²) in [5, 5.41) is 2.83. The van der Waals surface area contributed by atoms with Crippen LogP contribution in [-0.2, 0) is 19.1 Å². The highest BCUT2D eigenvalue weighted by molar-refractivity contribution is 5.99. The Morgan fingerprint density at radius 2 is 1.95 bits per heavy atom. The van der Waals surface area contributed by atoms with Crippen LogP contribution in [0.4, 0.5) is 0 Å². The molecule has 1 aliphatic carbocycles. The van der Waals surface area contributed by atoms with Gasteiger partial charge in [0.05, 0.1) is 13.2 Å². The number of carbonyl (C=O) groups is 2. The van der Waals surface area contributed by atoms with Gasteiger partial charge < -0.3 is 19.7 Å². The number of ether oxygens (including phenoxy) is 2. The first-order valence-corrected chi connectivity index (χ1v) is 7.81. The number of amides is 2. The van der Waals surface area contributed by atoms with Crippen LogP contribution in [0.2, 0.25) is 0 Å². The van der Waals surface area contributed by atoms with E-state index in [1.807, 2.05) is 4.90 Å². The van der Waals surface area contributed by atoms with E-state index in [0.29, 0.717) is 26.4 Å². The van der Waals surface area contributed by atoms with Crippen molar-refractivity contribution in [2.75, 3.05) is 33.5 Å².